The fraction of sp³-hybridized carbons (Fsp3) is 0.932. The highest BCUT2D eigenvalue weighted by Crippen LogP contribution is 2.19. The highest BCUT2D eigenvalue weighted by Gasteiger charge is 2.20. The average molecular weight is 998 g/mol. The van der Waals surface area contributed by atoms with Crippen LogP contribution in [0.3, 0.4) is 0 Å². The van der Waals surface area contributed by atoms with Gasteiger partial charge in [0.25, 0.3) is 6.47 Å². The maximum Gasteiger partial charge on any atom is 0.306 e. The molecule has 2 fully saturated rings. The zero-order valence-corrected chi connectivity index (χ0v) is 47.5. The zero-order valence-electron chi connectivity index (χ0n) is 46.6. The van der Waals surface area contributed by atoms with Crippen molar-refractivity contribution in [2.75, 3.05) is 45.9 Å². The van der Waals surface area contributed by atoms with Gasteiger partial charge in [-0.2, -0.15) is 0 Å². The van der Waals surface area contributed by atoms with Crippen LogP contribution in [0.4, 0.5) is 0 Å². The van der Waals surface area contributed by atoms with Gasteiger partial charge in [0, 0.05) is 38.9 Å². The van der Waals surface area contributed by atoms with Gasteiger partial charge in [0.05, 0.1) is 12.7 Å². The lowest BCUT2D eigenvalue weighted by molar-refractivity contribution is -0.150. The molecule has 0 aromatic carbocycles. The number of Topliss-reactive ketones (excluding diaryl/α,β-unsaturated/α-hetero) is 1. The third-order valence-electron chi connectivity index (χ3n) is 13.9. The maximum atomic E-state index is 12.3. The Morgan fingerprint density at radius 1 is 0.580 bits per heavy atom. The Balaban J connectivity index is 0. The van der Waals surface area contributed by atoms with Crippen LogP contribution >= 0.6 is 12.6 Å². The minimum Gasteiger partial charge on any atom is -0.468 e. The van der Waals surface area contributed by atoms with E-state index in [4.69, 9.17) is 9.84 Å². The molecule has 2 aliphatic rings. The SMILES string of the molecule is CC(=O)CCCCCN1CCCC1.CCCCCCCCC(CCCCCCCC)OC(=O)CCCCCCCOC=O.CCCCCCCCCCCC(C)CC.O=C(S)CCN1CCC(O)C1. The van der Waals surface area contributed by atoms with Crippen molar-refractivity contribution in [1.29, 1.82) is 0 Å². The van der Waals surface area contributed by atoms with E-state index in [1.54, 1.807) is 6.92 Å². The van der Waals surface area contributed by atoms with Gasteiger partial charge in [-0.05, 0) is 103 Å². The van der Waals surface area contributed by atoms with Crippen LogP contribution in [0.1, 0.15) is 292 Å². The molecule has 9 nitrogen and oxygen atoms in total. The molecule has 69 heavy (non-hydrogen) atoms. The van der Waals surface area contributed by atoms with E-state index >= 15 is 0 Å². The molecular formula is C59H116N2O7S. The summed E-state index contributed by atoms with van der Waals surface area (Å²) in [6.45, 7) is 20.3. The van der Waals surface area contributed by atoms with Crippen molar-refractivity contribution in [3.63, 3.8) is 0 Å². The average Bonchev–Trinajstić information content (AvgIpc) is 4.02. The summed E-state index contributed by atoms with van der Waals surface area (Å²) in [5.41, 5.74) is 0. The minimum absolute atomic E-state index is 0.0127. The molecule has 410 valence electrons. The van der Waals surface area contributed by atoms with E-state index in [9.17, 15) is 19.2 Å². The number of rotatable bonds is 44. The molecule has 0 aliphatic carbocycles. The minimum atomic E-state index is -0.190. The number of carbonyl (C=O) groups excluding carboxylic acids is 4. The number of hydrogen-bond acceptors (Lipinski definition) is 9. The largest absolute Gasteiger partial charge is 0.468 e. The summed E-state index contributed by atoms with van der Waals surface area (Å²) in [7, 11) is 0. The standard InChI is InChI=1S/C26H50O4.C15H32.C11H21NO.C7H13NO2S/c1-3-5-7-9-12-16-20-25(21-17-13-10-8-6-4-2)30-26(28)22-18-14-11-15-19-23-29-24-27;1-4-6-7-8-9-10-11-12-13-14-15(3)5-2;1-11(13)7-3-2-4-8-12-9-5-6-10-12;9-6-1-3-8(5-6)4-2-7(10)11/h24-25H,3-23H2,1-2H3;15H,4-14H2,1-3H3;2-10H2,1H3;6,9H,1-5H2,(H,10,11). The highest BCUT2D eigenvalue weighted by molar-refractivity contribution is 7.96. The number of ketones is 1. The molecule has 2 aliphatic heterocycles. The Bertz CT molecular complexity index is 1090. The first kappa shape index (κ1) is 69.6. The molecule has 0 bridgehead atoms. The Kier molecular flexibility index (Phi) is 56.3. The first-order valence-electron chi connectivity index (χ1n) is 29.6. The van der Waals surface area contributed by atoms with Crippen molar-refractivity contribution < 1.29 is 33.8 Å². The molecular weight excluding hydrogens is 881 g/mol. The zero-order chi connectivity index (χ0) is 51.3. The van der Waals surface area contributed by atoms with E-state index in [2.05, 4.69) is 61.8 Å². The Morgan fingerprint density at radius 2 is 1.04 bits per heavy atom. The molecule has 0 aromatic rings. The first-order chi connectivity index (χ1) is 33.5. The van der Waals surface area contributed by atoms with Crippen molar-refractivity contribution in [2.24, 2.45) is 5.92 Å². The number of hydrogen-bond donors (Lipinski definition) is 2. The van der Waals surface area contributed by atoms with Crippen LogP contribution in [-0.4, -0.2) is 96.3 Å². The van der Waals surface area contributed by atoms with Gasteiger partial charge in [0.1, 0.15) is 11.9 Å². The summed E-state index contributed by atoms with van der Waals surface area (Å²) < 4.78 is 10.6. The second-order valence-electron chi connectivity index (χ2n) is 20.8. The van der Waals surface area contributed by atoms with E-state index < -0.39 is 0 Å². The fourth-order valence-corrected chi connectivity index (χ4v) is 9.11. The Morgan fingerprint density at radius 3 is 1.51 bits per heavy atom. The van der Waals surface area contributed by atoms with Gasteiger partial charge in [-0.1, -0.05) is 195 Å². The van der Waals surface area contributed by atoms with E-state index in [0.717, 1.165) is 83.2 Å². The summed E-state index contributed by atoms with van der Waals surface area (Å²) in [6.07, 6.45) is 47.2. The summed E-state index contributed by atoms with van der Waals surface area (Å²) >= 11 is 3.67. The predicted molar refractivity (Wildman–Crippen MR) is 297 cm³/mol. The van der Waals surface area contributed by atoms with Gasteiger partial charge < -0.3 is 29.2 Å². The van der Waals surface area contributed by atoms with E-state index in [1.807, 2.05) is 0 Å². The summed E-state index contributed by atoms with van der Waals surface area (Å²) in [5.74, 6) is 1.27. The normalized spacial score (nSPS) is 15.1. The van der Waals surface area contributed by atoms with Gasteiger partial charge in [0.15, 0.2) is 5.12 Å². The van der Waals surface area contributed by atoms with Crippen LogP contribution in [0.5, 0.6) is 0 Å². The van der Waals surface area contributed by atoms with E-state index in [0.29, 0.717) is 38.2 Å². The maximum absolute atomic E-state index is 12.3. The van der Waals surface area contributed by atoms with Crippen LogP contribution in [0.25, 0.3) is 0 Å². The number of esters is 1. The predicted octanol–water partition coefficient (Wildman–Crippen LogP) is 16.0. The van der Waals surface area contributed by atoms with Crippen LogP contribution in [-0.2, 0) is 28.7 Å². The fourth-order valence-electron chi connectivity index (χ4n) is 9.01. The molecule has 2 saturated heterocycles. The molecule has 0 saturated carbocycles. The number of nitrogens with zero attached hydrogens (tertiary/aromatic N) is 2. The van der Waals surface area contributed by atoms with Gasteiger partial charge >= 0.3 is 5.97 Å². The lowest BCUT2D eigenvalue weighted by Crippen LogP contribution is -2.24. The lowest BCUT2D eigenvalue weighted by atomic mass is 9.99. The Hall–Kier alpha value is -1.49. The molecule has 0 radical (unpaired) electrons. The van der Waals surface area contributed by atoms with Crippen molar-refractivity contribution in [1.82, 2.24) is 9.80 Å². The number of aliphatic hydroxyl groups is 1. The third kappa shape index (κ3) is 55.7. The number of ether oxygens (including phenoxy) is 2. The van der Waals surface area contributed by atoms with E-state index in [-0.39, 0.29) is 23.3 Å². The van der Waals surface area contributed by atoms with Crippen LogP contribution < -0.4 is 0 Å². The highest BCUT2D eigenvalue weighted by atomic mass is 32.1. The first-order valence-corrected chi connectivity index (χ1v) is 30.1. The number of unbranched alkanes of at least 4 members (excludes halogenated alkanes) is 24. The topological polar surface area (TPSA) is 113 Å². The van der Waals surface area contributed by atoms with Crippen LogP contribution in [0, 0.1) is 5.92 Å². The lowest BCUT2D eigenvalue weighted by Gasteiger charge is -2.18. The van der Waals surface area contributed by atoms with E-state index in [1.165, 1.54) is 193 Å². The van der Waals surface area contributed by atoms with Crippen LogP contribution in [0.2, 0.25) is 0 Å². The molecule has 2 heterocycles. The van der Waals surface area contributed by atoms with Gasteiger partial charge in [-0.25, -0.2) is 0 Å². The van der Waals surface area contributed by atoms with Crippen molar-refractivity contribution in [3.8, 4) is 0 Å². The molecule has 2 unspecified atom stereocenters. The van der Waals surface area contributed by atoms with Crippen LogP contribution in [0.15, 0.2) is 0 Å². The second kappa shape index (κ2) is 55.8. The smallest absolute Gasteiger partial charge is 0.306 e. The quantitative estimate of drug-likeness (QED) is 0.0267. The van der Waals surface area contributed by atoms with Crippen molar-refractivity contribution >= 4 is 36.0 Å². The Labute approximate surface area is 433 Å². The van der Waals surface area contributed by atoms with Gasteiger partial charge in [-0.15, -0.1) is 12.6 Å². The summed E-state index contributed by atoms with van der Waals surface area (Å²) in [5, 5.41) is 9.04. The van der Waals surface area contributed by atoms with Gasteiger partial charge in [-0.3, -0.25) is 14.4 Å². The molecule has 2 rings (SSSR count). The summed E-state index contributed by atoms with van der Waals surface area (Å²) in [6, 6.07) is 0. The van der Waals surface area contributed by atoms with Gasteiger partial charge in [0.2, 0.25) is 0 Å². The molecule has 1 N–H and O–H groups in total. The number of thiol groups is 1. The van der Waals surface area contributed by atoms with Crippen molar-refractivity contribution in [3.05, 3.63) is 0 Å². The summed E-state index contributed by atoms with van der Waals surface area (Å²) in [4.78, 5) is 48.1. The molecule has 10 heteroatoms. The third-order valence-corrected chi connectivity index (χ3v) is 14.1. The molecule has 0 amide bonds. The second-order valence-corrected chi connectivity index (χ2v) is 21.3. The van der Waals surface area contributed by atoms with Crippen molar-refractivity contribution in [2.45, 2.75) is 304 Å². The molecule has 2 atom stereocenters. The number of likely N-dealkylation sites (tertiary alicyclic amines) is 2. The molecule has 0 aromatic heterocycles. The number of aliphatic hydroxyl groups excluding tert-OH is 1. The number of β-amino-alcohol motifs (C(OH)–C–C–N with tert-alkyl or cyclic N) is 1. The number of carbonyl (C=O) groups is 4. The monoisotopic (exact) mass is 997 g/mol. The molecule has 0 spiro atoms.